The number of likely N-dealkylation sites (tertiary alicyclic amines) is 1. The zero-order valence-corrected chi connectivity index (χ0v) is 16.8. The number of nitrogens with one attached hydrogen (secondary N) is 2. The first kappa shape index (κ1) is 19.4. The lowest BCUT2D eigenvalue weighted by atomic mass is 9.76. The van der Waals surface area contributed by atoms with Crippen LogP contribution in [-0.2, 0) is 19.9 Å². The number of amides is 3. The number of unbranched alkanes of at least 4 members (excludes halogenated alkanes) is 1. The third-order valence-corrected chi connectivity index (χ3v) is 6.78. The lowest BCUT2D eigenvalue weighted by Crippen LogP contribution is -2.54. The highest BCUT2D eigenvalue weighted by molar-refractivity contribution is 6.32. The van der Waals surface area contributed by atoms with Crippen LogP contribution in [0.2, 0.25) is 5.02 Å². The van der Waals surface area contributed by atoms with Crippen molar-refractivity contribution in [2.45, 2.75) is 51.3 Å². The van der Waals surface area contributed by atoms with E-state index in [1.54, 1.807) is 26.0 Å². The molecular formula is C20H24ClN3O4. The standard InChI is InChI=1S/C20H24ClN3O4/c1-4-5-8-24-17(26)13-14(18(24)27)20(23-16(13)10(3)25)11-6-7-12(21)9(2)15(11)22-19(20)28/h6-7,10,13-14,16,23,25H,4-5,8H2,1-3H3,(H,22,28). The maximum atomic E-state index is 13.3. The van der Waals surface area contributed by atoms with Crippen LogP contribution in [-0.4, -0.2) is 46.4 Å². The minimum atomic E-state index is -1.38. The Labute approximate surface area is 168 Å². The minimum absolute atomic E-state index is 0.314. The summed E-state index contributed by atoms with van der Waals surface area (Å²) in [6.07, 6.45) is 0.644. The number of carbonyl (C=O) groups excluding carboxylic acids is 3. The number of aliphatic hydroxyl groups is 1. The van der Waals surface area contributed by atoms with Gasteiger partial charge in [-0.1, -0.05) is 31.0 Å². The fourth-order valence-corrected chi connectivity index (χ4v) is 5.09. The Kier molecular flexibility index (Phi) is 4.52. The lowest BCUT2D eigenvalue weighted by Gasteiger charge is -2.30. The van der Waals surface area contributed by atoms with E-state index in [9.17, 15) is 19.5 Å². The van der Waals surface area contributed by atoms with E-state index in [0.717, 1.165) is 6.42 Å². The Morgan fingerprint density at radius 1 is 1.29 bits per heavy atom. The number of imide groups is 1. The molecule has 4 rings (SSSR count). The third kappa shape index (κ3) is 2.33. The molecular weight excluding hydrogens is 382 g/mol. The number of hydrogen-bond acceptors (Lipinski definition) is 5. The van der Waals surface area contributed by atoms with Gasteiger partial charge >= 0.3 is 0 Å². The van der Waals surface area contributed by atoms with E-state index in [1.165, 1.54) is 4.90 Å². The molecule has 0 saturated carbocycles. The number of nitrogens with zero attached hydrogens (tertiary/aromatic N) is 1. The first-order valence-electron chi connectivity index (χ1n) is 9.67. The van der Waals surface area contributed by atoms with Crippen LogP contribution in [0.4, 0.5) is 5.69 Å². The zero-order chi connectivity index (χ0) is 20.4. The monoisotopic (exact) mass is 405 g/mol. The molecule has 150 valence electrons. The molecule has 7 nitrogen and oxygen atoms in total. The summed E-state index contributed by atoms with van der Waals surface area (Å²) in [5.41, 5.74) is 0.506. The Morgan fingerprint density at radius 3 is 2.64 bits per heavy atom. The van der Waals surface area contributed by atoms with Gasteiger partial charge in [0.2, 0.25) is 17.7 Å². The molecule has 1 aromatic carbocycles. The van der Waals surface area contributed by atoms with E-state index in [2.05, 4.69) is 10.6 Å². The average Bonchev–Trinajstić information content (AvgIpc) is 3.23. The summed E-state index contributed by atoms with van der Waals surface area (Å²) in [5, 5.41) is 16.9. The van der Waals surface area contributed by atoms with Crippen LogP contribution in [0.5, 0.6) is 0 Å². The summed E-state index contributed by atoms with van der Waals surface area (Å²) in [6.45, 7) is 5.69. The van der Waals surface area contributed by atoms with Crippen molar-refractivity contribution in [2.75, 3.05) is 11.9 Å². The molecule has 5 atom stereocenters. The molecule has 0 aliphatic carbocycles. The number of fused-ring (bicyclic) bond motifs is 4. The molecule has 8 heteroatoms. The minimum Gasteiger partial charge on any atom is -0.392 e. The summed E-state index contributed by atoms with van der Waals surface area (Å²) >= 11 is 6.22. The van der Waals surface area contributed by atoms with Crippen LogP contribution in [0.15, 0.2) is 12.1 Å². The van der Waals surface area contributed by atoms with Crippen molar-refractivity contribution in [3.8, 4) is 0 Å². The first-order valence-corrected chi connectivity index (χ1v) is 10.1. The third-order valence-electron chi connectivity index (χ3n) is 6.37. The van der Waals surface area contributed by atoms with E-state index >= 15 is 0 Å². The lowest BCUT2D eigenvalue weighted by molar-refractivity contribution is -0.143. The summed E-state index contributed by atoms with van der Waals surface area (Å²) in [5.74, 6) is -2.72. The number of halogens is 1. The summed E-state index contributed by atoms with van der Waals surface area (Å²) < 4.78 is 0. The number of benzene rings is 1. The van der Waals surface area contributed by atoms with Crippen molar-refractivity contribution in [1.82, 2.24) is 10.2 Å². The second-order valence-corrected chi connectivity index (χ2v) is 8.36. The van der Waals surface area contributed by atoms with Crippen LogP contribution in [0.25, 0.3) is 0 Å². The SMILES string of the molecule is CCCCN1C(=O)C2C(C(C)O)NC3(C(=O)Nc4c3ccc(Cl)c4C)C2C1=O. The second kappa shape index (κ2) is 6.54. The molecule has 2 fully saturated rings. The van der Waals surface area contributed by atoms with Crippen LogP contribution < -0.4 is 10.6 Å². The molecule has 3 N–H and O–H groups in total. The number of rotatable bonds is 4. The fourth-order valence-electron chi connectivity index (χ4n) is 4.93. The first-order chi connectivity index (χ1) is 13.3. The van der Waals surface area contributed by atoms with Gasteiger partial charge in [0.25, 0.3) is 0 Å². The topological polar surface area (TPSA) is 98.7 Å². The van der Waals surface area contributed by atoms with Gasteiger partial charge in [0.1, 0.15) is 5.54 Å². The van der Waals surface area contributed by atoms with Gasteiger partial charge in [-0.25, -0.2) is 0 Å². The highest BCUT2D eigenvalue weighted by Gasteiger charge is 2.71. The second-order valence-electron chi connectivity index (χ2n) is 7.95. The Morgan fingerprint density at radius 2 is 2.00 bits per heavy atom. The zero-order valence-electron chi connectivity index (χ0n) is 16.1. The van der Waals surface area contributed by atoms with Gasteiger partial charge in [0.15, 0.2) is 0 Å². The maximum absolute atomic E-state index is 13.3. The highest BCUT2D eigenvalue weighted by atomic mass is 35.5. The van der Waals surface area contributed by atoms with Gasteiger partial charge in [0, 0.05) is 23.2 Å². The van der Waals surface area contributed by atoms with E-state index in [1.807, 2.05) is 6.92 Å². The molecule has 1 aromatic rings. The summed E-state index contributed by atoms with van der Waals surface area (Å²) in [7, 11) is 0. The van der Waals surface area contributed by atoms with Crippen molar-refractivity contribution in [3.05, 3.63) is 28.3 Å². The quantitative estimate of drug-likeness (QED) is 0.660. The smallest absolute Gasteiger partial charge is 0.250 e. The van der Waals surface area contributed by atoms with Crippen LogP contribution in [0, 0.1) is 18.8 Å². The van der Waals surface area contributed by atoms with E-state index in [-0.39, 0.29) is 17.7 Å². The van der Waals surface area contributed by atoms with Crippen LogP contribution in [0.1, 0.15) is 37.8 Å². The number of aliphatic hydroxyl groups excluding tert-OH is 1. The molecule has 28 heavy (non-hydrogen) atoms. The van der Waals surface area contributed by atoms with Gasteiger partial charge in [-0.05, 0) is 31.9 Å². The average molecular weight is 406 g/mol. The molecule has 2 saturated heterocycles. The van der Waals surface area contributed by atoms with Crippen molar-refractivity contribution in [1.29, 1.82) is 0 Å². The van der Waals surface area contributed by atoms with Crippen molar-refractivity contribution >= 4 is 35.0 Å². The van der Waals surface area contributed by atoms with Gasteiger partial charge in [-0.3, -0.25) is 24.6 Å². The molecule has 3 amide bonds. The van der Waals surface area contributed by atoms with Crippen molar-refractivity contribution in [3.63, 3.8) is 0 Å². The maximum Gasteiger partial charge on any atom is 0.250 e. The molecule has 3 aliphatic heterocycles. The molecule has 0 radical (unpaired) electrons. The van der Waals surface area contributed by atoms with Crippen LogP contribution >= 0.6 is 11.6 Å². The molecule has 3 heterocycles. The van der Waals surface area contributed by atoms with E-state index in [0.29, 0.717) is 34.8 Å². The summed E-state index contributed by atoms with van der Waals surface area (Å²) in [6, 6.07) is 2.73. The molecule has 0 aromatic heterocycles. The van der Waals surface area contributed by atoms with Gasteiger partial charge in [0.05, 0.1) is 23.6 Å². The largest absolute Gasteiger partial charge is 0.392 e. The van der Waals surface area contributed by atoms with E-state index in [4.69, 9.17) is 11.6 Å². The van der Waals surface area contributed by atoms with Gasteiger partial charge < -0.3 is 10.4 Å². The predicted octanol–water partition coefficient (Wildman–Crippen LogP) is 1.55. The number of anilines is 1. The Balaban J connectivity index is 1.88. The highest BCUT2D eigenvalue weighted by Crippen LogP contribution is 2.54. The van der Waals surface area contributed by atoms with Gasteiger partial charge in [-0.15, -0.1) is 0 Å². The van der Waals surface area contributed by atoms with Crippen LogP contribution in [0.3, 0.4) is 0 Å². The number of hydrogen-bond donors (Lipinski definition) is 3. The predicted molar refractivity (Wildman–Crippen MR) is 104 cm³/mol. The number of carbonyl (C=O) groups is 3. The molecule has 0 bridgehead atoms. The summed E-state index contributed by atoms with van der Waals surface area (Å²) in [4.78, 5) is 40.9. The van der Waals surface area contributed by atoms with Crippen molar-refractivity contribution < 1.29 is 19.5 Å². The Hall–Kier alpha value is -1.96. The molecule has 3 aliphatic rings. The fraction of sp³-hybridized carbons (Fsp3) is 0.550. The van der Waals surface area contributed by atoms with Gasteiger partial charge in [-0.2, -0.15) is 0 Å². The van der Waals surface area contributed by atoms with Crippen molar-refractivity contribution in [2.24, 2.45) is 11.8 Å². The van der Waals surface area contributed by atoms with E-state index < -0.39 is 29.5 Å². The Bertz CT molecular complexity index is 886. The molecule has 1 spiro atoms. The molecule has 5 unspecified atom stereocenters. The normalized spacial score (nSPS) is 32.1.